The lowest BCUT2D eigenvalue weighted by atomic mass is 10.1. The molecule has 29 heavy (non-hydrogen) atoms. The normalized spacial score (nSPS) is 11.4. The van der Waals surface area contributed by atoms with Crippen molar-refractivity contribution < 1.29 is 9.53 Å². The van der Waals surface area contributed by atoms with Gasteiger partial charge in [0.1, 0.15) is 5.75 Å². The van der Waals surface area contributed by atoms with Crippen molar-refractivity contribution in [1.29, 1.82) is 5.26 Å². The minimum Gasteiger partial charge on any atom is -0.439 e. The molecule has 0 fully saturated rings. The van der Waals surface area contributed by atoms with E-state index in [0.29, 0.717) is 32.9 Å². The third-order valence-electron chi connectivity index (χ3n) is 3.98. The number of rotatable bonds is 6. The Labute approximate surface area is 178 Å². The largest absolute Gasteiger partial charge is 0.439 e. The van der Waals surface area contributed by atoms with Gasteiger partial charge in [-0.25, -0.2) is 4.98 Å². The van der Waals surface area contributed by atoms with Gasteiger partial charge in [0, 0.05) is 33.3 Å². The fourth-order valence-electron chi connectivity index (χ4n) is 2.66. The van der Waals surface area contributed by atoms with Crippen molar-refractivity contribution in [3.63, 3.8) is 0 Å². The zero-order chi connectivity index (χ0) is 20.8. The van der Waals surface area contributed by atoms with E-state index in [2.05, 4.69) is 10.3 Å². The van der Waals surface area contributed by atoms with Gasteiger partial charge < -0.3 is 10.1 Å². The van der Waals surface area contributed by atoms with Crippen LogP contribution in [0.25, 0.3) is 11.3 Å². The van der Waals surface area contributed by atoms with E-state index in [1.165, 1.54) is 0 Å². The second-order valence-corrected chi connectivity index (χ2v) is 7.26. The van der Waals surface area contributed by atoms with E-state index in [4.69, 9.17) is 33.2 Å². The average Bonchev–Trinajstić information content (AvgIpc) is 2.67. The van der Waals surface area contributed by atoms with Gasteiger partial charge in [0.2, 0.25) is 5.88 Å². The molecule has 146 valence electrons. The van der Waals surface area contributed by atoms with Gasteiger partial charge in [0.25, 0.3) is 5.91 Å². The Balaban J connectivity index is 1.82. The van der Waals surface area contributed by atoms with Crippen molar-refractivity contribution in [2.45, 2.75) is 19.4 Å². The van der Waals surface area contributed by atoms with Gasteiger partial charge >= 0.3 is 0 Å². The van der Waals surface area contributed by atoms with Gasteiger partial charge in [-0.3, -0.25) is 4.79 Å². The van der Waals surface area contributed by atoms with Crippen molar-refractivity contribution in [3.8, 4) is 29.0 Å². The van der Waals surface area contributed by atoms with E-state index in [1.54, 1.807) is 49.4 Å². The van der Waals surface area contributed by atoms with Crippen LogP contribution >= 0.6 is 23.2 Å². The molecule has 3 rings (SSSR count). The summed E-state index contributed by atoms with van der Waals surface area (Å²) in [7, 11) is 0. The van der Waals surface area contributed by atoms with Gasteiger partial charge in [-0.2, -0.15) is 5.26 Å². The van der Waals surface area contributed by atoms with Gasteiger partial charge in [0.15, 0.2) is 0 Å². The molecule has 5 nitrogen and oxygen atoms in total. The van der Waals surface area contributed by atoms with E-state index in [-0.39, 0.29) is 18.4 Å². The number of carbonyl (C=O) groups is 1. The summed E-state index contributed by atoms with van der Waals surface area (Å²) in [5.74, 6) is 0.612. The van der Waals surface area contributed by atoms with Crippen LogP contribution in [-0.4, -0.2) is 16.9 Å². The molecule has 0 radical (unpaired) electrons. The first-order valence-electron chi connectivity index (χ1n) is 8.84. The van der Waals surface area contributed by atoms with Crippen LogP contribution < -0.4 is 10.1 Å². The molecule has 1 atom stereocenters. The number of aromatic nitrogens is 1. The molecule has 0 unspecified atom stereocenters. The van der Waals surface area contributed by atoms with E-state index >= 15 is 0 Å². The van der Waals surface area contributed by atoms with Crippen LogP contribution in [0.3, 0.4) is 0 Å². The SMILES string of the molecule is C[C@H](CC#N)NC(=O)c1cccc(-c2cccc(Oc3cc(Cl)cc(Cl)c3)n2)c1. The Kier molecular flexibility index (Phi) is 6.71. The second kappa shape index (κ2) is 9.42. The summed E-state index contributed by atoms with van der Waals surface area (Å²) in [6, 6.07) is 19.2. The Bertz CT molecular complexity index is 1060. The number of nitrogens with one attached hydrogen (secondary N) is 1. The van der Waals surface area contributed by atoms with E-state index in [9.17, 15) is 4.79 Å². The smallest absolute Gasteiger partial charge is 0.251 e. The Morgan fingerprint density at radius 2 is 1.86 bits per heavy atom. The number of benzene rings is 2. The Hall–Kier alpha value is -3.07. The van der Waals surface area contributed by atoms with Crippen LogP contribution in [0, 0.1) is 11.3 Å². The quantitative estimate of drug-likeness (QED) is 0.534. The number of hydrogen-bond donors (Lipinski definition) is 1. The fourth-order valence-corrected chi connectivity index (χ4v) is 3.16. The lowest BCUT2D eigenvalue weighted by molar-refractivity contribution is 0.0941. The van der Waals surface area contributed by atoms with Crippen LogP contribution in [0.1, 0.15) is 23.7 Å². The highest BCUT2D eigenvalue weighted by Gasteiger charge is 2.11. The summed E-state index contributed by atoms with van der Waals surface area (Å²) in [6.45, 7) is 1.79. The minimum absolute atomic E-state index is 0.226. The monoisotopic (exact) mass is 425 g/mol. The molecule has 0 aliphatic heterocycles. The molecule has 2 aromatic carbocycles. The standard InChI is InChI=1S/C22H17Cl2N3O2/c1-14(8-9-25)26-22(28)16-5-2-4-15(10-16)20-6-3-7-21(27-20)29-19-12-17(23)11-18(24)13-19/h2-7,10-14H,8H2,1H3,(H,26,28)/t14-/m1/s1. The number of pyridine rings is 1. The summed E-state index contributed by atoms with van der Waals surface area (Å²) in [4.78, 5) is 16.9. The summed E-state index contributed by atoms with van der Waals surface area (Å²) in [5.41, 5.74) is 1.90. The van der Waals surface area contributed by atoms with Gasteiger partial charge in [0.05, 0.1) is 18.2 Å². The first kappa shape index (κ1) is 20.7. The first-order valence-corrected chi connectivity index (χ1v) is 9.59. The molecule has 0 saturated heterocycles. The number of ether oxygens (including phenoxy) is 1. The van der Waals surface area contributed by atoms with Crippen LogP contribution in [0.4, 0.5) is 0 Å². The molecule has 0 aliphatic rings. The highest BCUT2D eigenvalue weighted by Crippen LogP contribution is 2.29. The number of nitrogens with zero attached hydrogens (tertiary/aromatic N) is 2. The van der Waals surface area contributed by atoms with Crippen LogP contribution in [0.15, 0.2) is 60.7 Å². The Morgan fingerprint density at radius 1 is 1.14 bits per heavy atom. The number of hydrogen-bond acceptors (Lipinski definition) is 4. The summed E-state index contributed by atoms with van der Waals surface area (Å²) < 4.78 is 5.77. The minimum atomic E-state index is -0.240. The van der Waals surface area contributed by atoms with Crippen LogP contribution in [0.2, 0.25) is 10.0 Å². The number of amides is 1. The molecule has 0 spiro atoms. The zero-order valence-electron chi connectivity index (χ0n) is 15.5. The molecule has 7 heteroatoms. The highest BCUT2D eigenvalue weighted by atomic mass is 35.5. The lowest BCUT2D eigenvalue weighted by Crippen LogP contribution is -2.32. The first-order chi connectivity index (χ1) is 13.9. The molecule has 0 saturated carbocycles. The van der Waals surface area contributed by atoms with Crippen molar-refractivity contribution in [1.82, 2.24) is 10.3 Å². The van der Waals surface area contributed by atoms with Crippen LogP contribution in [-0.2, 0) is 0 Å². The lowest BCUT2D eigenvalue weighted by Gasteiger charge is -2.11. The van der Waals surface area contributed by atoms with Gasteiger partial charge in [-0.1, -0.05) is 41.4 Å². The van der Waals surface area contributed by atoms with Crippen molar-refractivity contribution in [3.05, 3.63) is 76.3 Å². The fraction of sp³-hybridized carbons (Fsp3) is 0.136. The number of halogens is 2. The van der Waals surface area contributed by atoms with E-state index in [0.717, 1.165) is 5.56 Å². The molecule has 3 aromatic rings. The van der Waals surface area contributed by atoms with Crippen molar-refractivity contribution in [2.24, 2.45) is 0 Å². The molecule has 0 bridgehead atoms. The van der Waals surface area contributed by atoms with Crippen LogP contribution in [0.5, 0.6) is 11.6 Å². The van der Waals surface area contributed by atoms with Crippen molar-refractivity contribution in [2.75, 3.05) is 0 Å². The summed E-state index contributed by atoms with van der Waals surface area (Å²) >= 11 is 12.0. The Morgan fingerprint density at radius 3 is 2.59 bits per heavy atom. The summed E-state index contributed by atoms with van der Waals surface area (Å²) in [6.07, 6.45) is 0.250. The highest BCUT2D eigenvalue weighted by molar-refractivity contribution is 6.34. The molecular formula is C22H17Cl2N3O2. The third-order valence-corrected chi connectivity index (χ3v) is 4.41. The predicted octanol–water partition coefficient (Wildman–Crippen LogP) is 5.88. The van der Waals surface area contributed by atoms with E-state index in [1.807, 2.05) is 24.3 Å². The predicted molar refractivity (Wildman–Crippen MR) is 113 cm³/mol. The summed E-state index contributed by atoms with van der Waals surface area (Å²) in [5, 5.41) is 12.5. The zero-order valence-corrected chi connectivity index (χ0v) is 17.0. The van der Waals surface area contributed by atoms with Gasteiger partial charge in [-0.15, -0.1) is 0 Å². The molecule has 1 amide bonds. The topological polar surface area (TPSA) is 75.0 Å². The van der Waals surface area contributed by atoms with Crippen molar-refractivity contribution >= 4 is 29.1 Å². The van der Waals surface area contributed by atoms with E-state index < -0.39 is 0 Å². The molecule has 0 aliphatic carbocycles. The second-order valence-electron chi connectivity index (χ2n) is 6.39. The average molecular weight is 426 g/mol. The maximum atomic E-state index is 12.4. The molecule has 1 heterocycles. The maximum absolute atomic E-state index is 12.4. The number of carbonyl (C=O) groups excluding carboxylic acids is 1. The molecule has 1 aromatic heterocycles. The molecular weight excluding hydrogens is 409 g/mol. The third kappa shape index (κ3) is 5.71. The molecule has 1 N–H and O–H groups in total. The number of nitriles is 1. The van der Waals surface area contributed by atoms with Gasteiger partial charge in [-0.05, 0) is 43.3 Å². The maximum Gasteiger partial charge on any atom is 0.251 e.